The van der Waals surface area contributed by atoms with Crippen LogP contribution in [0.15, 0.2) is 24.3 Å². The van der Waals surface area contributed by atoms with Crippen LogP contribution in [0.25, 0.3) is 11.3 Å². The van der Waals surface area contributed by atoms with Gasteiger partial charge in [0.2, 0.25) is 0 Å². The fourth-order valence-electron chi connectivity index (χ4n) is 3.12. The Hall–Kier alpha value is -1.77. The van der Waals surface area contributed by atoms with Crippen molar-refractivity contribution < 1.29 is 0 Å². The maximum atomic E-state index is 6.34. The van der Waals surface area contributed by atoms with Gasteiger partial charge < -0.3 is 10.3 Å². The molecule has 2 aromatic rings. The Bertz CT molecular complexity index is 644. The molecule has 1 aliphatic rings. The van der Waals surface area contributed by atoms with Crippen LogP contribution in [-0.2, 0) is 12.0 Å². The van der Waals surface area contributed by atoms with Gasteiger partial charge in [0.15, 0.2) is 0 Å². The zero-order chi connectivity index (χ0) is 15.2. The first-order valence-electron chi connectivity index (χ1n) is 7.84. The van der Waals surface area contributed by atoms with Gasteiger partial charge in [-0.2, -0.15) is 0 Å². The maximum absolute atomic E-state index is 6.34. The van der Waals surface area contributed by atoms with Gasteiger partial charge in [-0.15, -0.1) is 0 Å². The molecule has 0 amide bonds. The van der Waals surface area contributed by atoms with Crippen molar-refractivity contribution in [1.29, 1.82) is 0 Å². The van der Waals surface area contributed by atoms with Crippen molar-refractivity contribution in [1.82, 2.24) is 9.55 Å². The van der Waals surface area contributed by atoms with Crippen molar-refractivity contribution in [3.63, 3.8) is 0 Å². The van der Waals surface area contributed by atoms with Crippen molar-refractivity contribution in [3.05, 3.63) is 35.7 Å². The first-order chi connectivity index (χ1) is 9.88. The summed E-state index contributed by atoms with van der Waals surface area (Å²) < 4.78 is 2.20. The van der Waals surface area contributed by atoms with Gasteiger partial charge in [0.25, 0.3) is 0 Å². The third-order valence-electron chi connectivity index (χ3n) is 4.52. The van der Waals surface area contributed by atoms with Gasteiger partial charge >= 0.3 is 0 Å². The highest BCUT2D eigenvalue weighted by Crippen LogP contribution is 2.35. The number of nitrogens with two attached hydrogens (primary N) is 1. The predicted molar refractivity (Wildman–Crippen MR) is 88.4 cm³/mol. The number of hydrogen-bond donors (Lipinski definition) is 1. The average molecular weight is 283 g/mol. The smallest absolute Gasteiger partial charge is 0.131 e. The van der Waals surface area contributed by atoms with Crippen LogP contribution in [0.3, 0.4) is 0 Å². The lowest BCUT2D eigenvalue weighted by atomic mass is 9.86. The monoisotopic (exact) mass is 283 g/mol. The Kier molecular flexibility index (Phi) is 3.31. The van der Waals surface area contributed by atoms with Gasteiger partial charge in [0.05, 0.1) is 0 Å². The fraction of sp³-hybridized carbons (Fsp3) is 0.500. The summed E-state index contributed by atoms with van der Waals surface area (Å²) in [5.41, 5.74) is 9.91. The lowest BCUT2D eigenvalue weighted by molar-refractivity contribution is 0.467. The van der Waals surface area contributed by atoms with Crippen LogP contribution in [0.2, 0.25) is 0 Å². The zero-order valence-electron chi connectivity index (χ0n) is 13.5. The van der Waals surface area contributed by atoms with E-state index in [1.54, 1.807) is 0 Å². The Morgan fingerprint density at radius 2 is 1.86 bits per heavy atom. The highest BCUT2D eigenvalue weighted by atomic mass is 15.2. The molecular weight excluding hydrogens is 258 g/mol. The van der Waals surface area contributed by atoms with Crippen molar-refractivity contribution in [2.24, 2.45) is 0 Å². The summed E-state index contributed by atoms with van der Waals surface area (Å²) >= 11 is 0. The molecule has 0 spiro atoms. The Morgan fingerprint density at radius 3 is 2.43 bits per heavy atom. The van der Waals surface area contributed by atoms with E-state index in [0.717, 1.165) is 29.4 Å². The number of aromatic nitrogens is 2. The molecule has 2 heterocycles. The summed E-state index contributed by atoms with van der Waals surface area (Å²) in [6.07, 6.45) is 2.40. The Balaban J connectivity index is 2.01. The second-order valence-electron chi connectivity index (χ2n) is 7.23. The lowest BCUT2D eigenvalue weighted by Crippen LogP contribution is -2.15. The molecule has 0 radical (unpaired) electrons. The van der Waals surface area contributed by atoms with Crippen LogP contribution in [0.5, 0.6) is 0 Å². The summed E-state index contributed by atoms with van der Waals surface area (Å²) in [6, 6.07) is 8.68. The van der Waals surface area contributed by atoms with E-state index in [9.17, 15) is 0 Å². The minimum atomic E-state index is 0.173. The molecule has 3 rings (SSSR count). The quantitative estimate of drug-likeness (QED) is 0.846. The molecule has 1 atom stereocenters. The minimum absolute atomic E-state index is 0.173. The molecule has 2 N–H and O–H groups in total. The van der Waals surface area contributed by atoms with Crippen molar-refractivity contribution in [3.8, 4) is 11.3 Å². The highest BCUT2D eigenvalue weighted by molar-refractivity contribution is 5.71. The second-order valence-corrected chi connectivity index (χ2v) is 7.23. The SMILES string of the molecule is CC1CCCn2c1nc(-c1ccc(C(C)(C)C)cc1)c2N. The normalized spacial score (nSPS) is 18.6. The molecule has 1 unspecified atom stereocenters. The largest absolute Gasteiger partial charge is 0.383 e. The van der Waals surface area contributed by atoms with Gasteiger partial charge in [-0.3, -0.25) is 0 Å². The molecule has 1 aliphatic heterocycles. The molecule has 112 valence electrons. The van der Waals surface area contributed by atoms with Crippen molar-refractivity contribution in [2.45, 2.75) is 58.4 Å². The molecule has 0 bridgehead atoms. The molecule has 0 saturated carbocycles. The predicted octanol–water partition coefficient (Wildman–Crippen LogP) is 4.33. The number of benzene rings is 1. The molecule has 3 nitrogen and oxygen atoms in total. The van der Waals surface area contributed by atoms with Gasteiger partial charge in [0, 0.05) is 18.0 Å². The van der Waals surface area contributed by atoms with Crippen molar-refractivity contribution in [2.75, 3.05) is 5.73 Å². The Labute approximate surface area is 127 Å². The molecule has 3 heteroatoms. The number of nitrogen functional groups attached to an aromatic ring is 1. The number of fused-ring (bicyclic) bond motifs is 1. The molecule has 21 heavy (non-hydrogen) atoms. The molecule has 0 fully saturated rings. The van der Waals surface area contributed by atoms with E-state index < -0.39 is 0 Å². The van der Waals surface area contributed by atoms with Crippen LogP contribution >= 0.6 is 0 Å². The average Bonchev–Trinajstić information content (AvgIpc) is 2.77. The van der Waals surface area contributed by atoms with E-state index in [2.05, 4.69) is 56.5 Å². The van der Waals surface area contributed by atoms with E-state index in [4.69, 9.17) is 10.7 Å². The standard InChI is InChI=1S/C18H25N3/c1-12-6-5-11-21-16(19)15(20-17(12)21)13-7-9-14(10-8-13)18(2,3)4/h7-10,12H,5-6,11,19H2,1-4H3. The van der Waals surface area contributed by atoms with E-state index in [1.807, 2.05) is 0 Å². The molecule has 0 aliphatic carbocycles. The van der Waals surface area contributed by atoms with Crippen molar-refractivity contribution >= 4 is 5.82 Å². The summed E-state index contributed by atoms with van der Waals surface area (Å²) in [5.74, 6) is 2.47. The lowest BCUT2D eigenvalue weighted by Gasteiger charge is -2.20. The van der Waals surface area contributed by atoms with Crippen LogP contribution in [0, 0.1) is 0 Å². The zero-order valence-corrected chi connectivity index (χ0v) is 13.5. The van der Waals surface area contributed by atoms with E-state index in [1.165, 1.54) is 18.4 Å². The minimum Gasteiger partial charge on any atom is -0.383 e. The molecule has 0 saturated heterocycles. The Morgan fingerprint density at radius 1 is 1.19 bits per heavy atom. The van der Waals surface area contributed by atoms with Crippen LogP contribution in [0.1, 0.15) is 57.8 Å². The van der Waals surface area contributed by atoms with Crippen LogP contribution in [0.4, 0.5) is 5.82 Å². The van der Waals surface area contributed by atoms with Gasteiger partial charge in [-0.05, 0) is 23.8 Å². The second kappa shape index (κ2) is 4.90. The first kappa shape index (κ1) is 14.2. The third-order valence-corrected chi connectivity index (χ3v) is 4.52. The van der Waals surface area contributed by atoms with Gasteiger partial charge in [-0.25, -0.2) is 4.98 Å². The summed E-state index contributed by atoms with van der Waals surface area (Å²) in [5, 5.41) is 0. The summed E-state index contributed by atoms with van der Waals surface area (Å²) in [6.45, 7) is 9.93. The van der Waals surface area contributed by atoms with Crippen LogP contribution < -0.4 is 5.73 Å². The van der Waals surface area contributed by atoms with E-state index in [0.29, 0.717) is 5.92 Å². The number of rotatable bonds is 1. The van der Waals surface area contributed by atoms with E-state index in [-0.39, 0.29) is 5.41 Å². The summed E-state index contributed by atoms with van der Waals surface area (Å²) in [4.78, 5) is 4.83. The highest BCUT2D eigenvalue weighted by Gasteiger charge is 2.23. The number of anilines is 1. The van der Waals surface area contributed by atoms with E-state index >= 15 is 0 Å². The van der Waals surface area contributed by atoms with Gasteiger partial charge in [0.1, 0.15) is 17.3 Å². The molecule has 1 aromatic carbocycles. The van der Waals surface area contributed by atoms with Gasteiger partial charge in [-0.1, -0.05) is 52.0 Å². The fourth-order valence-corrected chi connectivity index (χ4v) is 3.12. The van der Waals surface area contributed by atoms with Crippen LogP contribution in [-0.4, -0.2) is 9.55 Å². The maximum Gasteiger partial charge on any atom is 0.131 e. The molecular formula is C18H25N3. The number of nitrogens with zero attached hydrogens (tertiary/aromatic N) is 2. The summed E-state index contributed by atoms with van der Waals surface area (Å²) in [7, 11) is 0. The first-order valence-corrected chi connectivity index (χ1v) is 7.84. The number of hydrogen-bond acceptors (Lipinski definition) is 2. The number of imidazole rings is 1. The third kappa shape index (κ3) is 2.45. The molecule has 1 aromatic heterocycles. The topological polar surface area (TPSA) is 43.8 Å².